The molecule has 1 heterocycles. The fourth-order valence-corrected chi connectivity index (χ4v) is 2.03. The molecule has 0 aromatic heterocycles. The van der Waals surface area contributed by atoms with Crippen molar-refractivity contribution in [2.45, 2.75) is 12.8 Å². The van der Waals surface area contributed by atoms with E-state index in [4.69, 9.17) is 9.47 Å². The largest absolute Gasteiger partial charge is 0.497 e. The molecule has 16 heavy (non-hydrogen) atoms. The van der Waals surface area contributed by atoms with E-state index in [9.17, 15) is 4.79 Å². The van der Waals surface area contributed by atoms with Gasteiger partial charge in [0.15, 0.2) is 0 Å². The van der Waals surface area contributed by atoms with Gasteiger partial charge in [-0.2, -0.15) is 0 Å². The van der Waals surface area contributed by atoms with Crippen molar-refractivity contribution in [3.05, 3.63) is 23.3 Å². The number of rotatable bonds is 2. The summed E-state index contributed by atoms with van der Waals surface area (Å²) >= 11 is 0. The number of ether oxygens (including phenoxy) is 2. The van der Waals surface area contributed by atoms with Crippen molar-refractivity contribution in [3.8, 4) is 11.5 Å². The molecule has 4 heteroatoms. The van der Waals surface area contributed by atoms with Gasteiger partial charge in [-0.3, -0.25) is 4.79 Å². The summed E-state index contributed by atoms with van der Waals surface area (Å²) in [7, 11) is 3.18. The summed E-state index contributed by atoms with van der Waals surface area (Å²) in [5, 5.41) is 2.84. The van der Waals surface area contributed by atoms with E-state index in [0.717, 1.165) is 11.3 Å². The van der Waals surface area contributed by atoms with Crippen molar-refractivity contribution in [2.75, 3.05) is 20.8 Å². The van der Waals surface area contributed by atoms with Crippen LogP contribution in [0.5, 0.6) is 11.5 Å². The van der Waals surface area contributed by atoms with Gasteiger partial charge in [0.2, 0.25) is 0 Å². The number of carbonyl (C=O) groups is 1. The van der Waals surface area contributed by atoms with E-state index < -0.39 is 0 Å². The fraction of sp³-hybridized carbons (Fsp3) is 0.417. The number of amides is 1. The zero-order valence-electron chi connectivity index (χ0n) is 9.66. The third kappa shape index (κ3) is 1.60. The molecule has 0 spiro atoms. The van der Waals surface area contributed by atoms with Crippen molar-refractivity contribution in [1.29, 1.82) is 0 Å². The molecule has 4 nitrogen and oxygen atoms in total. The molecule has 1 atom stereocenters. The van der Waals surface area contributed by atoms with E-state index in [0.29, 0.717) is 17.9 Å². The molecule has 86 valence electrons. The number of fused-ring (bicyclic) bond motifs is 1. The molecule has 1 amide bonds. The van der Waals surface area contributed by atoms with Crippen molar-refractivity contribution >= 4 is 5.91 Å². The van der Waals surface area contributed by atoms with Crippen LogP contribution in [0.1, 0.15) is 28.8 Å². The second-order valence-electron chi connectivity index (χ2n) is 3.90. The van der Waals surface area contributed by atoms with Crippen LogP contribution >= 0.6 is 0 Å². The Morgan fingerprint density at radius 3 is 2.69 bits per heavy atom. The number of benzene rings is 1. The summed E-state index contributed by atoms with van der Waals surface area (Å²) in [5.41, 5.74) is 1.61. The quantitative estimate of drug-likeness (QED) is 0.824. The Hall–Kier alpha value is -1.71. The molecule has 1 N–H and O–H groups in total. The molecule has 0 saturated heterocycles. The minimum atomic E-state index is -0.0645. The molecule has 1 aromatic rings. The van der Waals surface area contributed by atoms with Crippen LogP contribution in [0.4, 0.5) is 0 Å². The van der Waals surface area contributed by atoms with Gasteiger partial charge in [-0.15, -0.1) is 0 Å². The lowest BCUT2D eigenvalue weighted by Gasteiger charge is -2.25. The lowest BCUT2D eigenvalue weighted by atomic mass is 9.90. The van der Waals surface area contributed by atoms with Gasteiger partial charge in [-0.05, 0) is 6.07 Å². The van der Waals surface area contributed by atoms with Crippen LogP contribution in [0.15, 0.2) is 12.1 Å². The third-order valence-electron chi connectivity index (χ3n) is 2.88. The highest BCUT2D eigenvalue weighted by atomic mass is 16.5. The van der Waals surface area contributed by atoms with Gasteiger partial charge in [0.05, 0.1) is 19.8 Å². The van der Waals surface area contributed by atoms with Gasteiger partial charge in [0.1, 0.15) is 11.5 Å². The maximum Gasteiger partial charge on any atom is 0.251 e. The van der Waals surface area contributed by atoms with Crippen molar-refractivity contribution in [3.63, 3.8) is 0 Å². The van der Waals surface area contributed by atoms with E-state index in [1.54, 1.807) is 20.3 Å². The fourth-order valence-electron chi connectivity index (χ4n) is 2.03. The first-order chi connectivity index (χ1) is 7.67. The molecule has 1 unspecified atom stereocenters. The highest BCUT2D eigenvalue weighted by Crippen LogP contribution is 2.35. The molecular weight excluding hydrogens is 206 g/mol. The highest BCUT2D eigenvalue weighted by Gasteiger charge is 2.26. The Bertz CT molecular complexity index is 429. The normalized spacial score (nSPS) is 18.7. The number of nitrogens with one attached hydrogen (secondary N) is 1. The lowest BCUT2D eigenvalue weighted by Crippen LogP contribution is -2.34. The van der Waals surface area contributed by atoms with E-state index in [-0.39, 0.29) is 11.8 Å². The van der Waals surface area contributed by atoms with E-state index in [2.05, 4.69) is 12.2 Å². The average molecular weight is 221 g/mol. The molecule has 2 rings (SSSR count). The van der Waals surface area contributed by atoms with Gasteiger partial charge in [-0.25, -0.2) is 0 Å². The number of carbonyl (C=O) groups excluding carboxylic acids is 1. The minimum Gasteiger partial charge on any atom is -0.497 e. The standard InChI is InChI=1S/C12H15NO3/c1-7-6-13-12(14)9-4-8(15-2)5-10(16-3)11(7)9/h4-5,7H,6H2,1-3H3,(H,13,14). The van der Waals surface area contributed by atoms with Gasteiger partial charge in [-0.1, -0.05) is 6.92 Å². The summed E-state index contributed by atoms with van der Waals surface area (Å²) in [6.07, 6.45) is 0. The Morgan fingerprint density at radius 1 is 1.31 bits per heavy atom. The van der Waals surface area contributed by atoms with E-state index in [1.807, 2.05) is 6.07 Å². The Kier molecular flexibility index (Phi) is 2.73. The Morgan fingerprint density at radius 2 is 2.06 bits per heavy atom. The first-order valence-corrected chi connectivity index (χ1v) is 5.21. The van der Waals surface area contributed by atoms with E-state index in [1.165, 1.54) is 0 Å². The summed E-state index contributed by atoms with van der Waals surface area (Å²) in [6, 6.07) is 3.57. The summed E-state index contributed by atoms with van der Waals surface area (Å²) in [4.78, 5) is 11.7. The average Bonchev–Trinajstić information content (AvgIpc) is 2.32. The number of hydrogen-bond acceptors (Lipinski definition) is 3. The zero-order valence-corrected chi connectivity index (χ0v) is 9.66. The maximum atomic E-state index is 11.7. The number of methoxy groups -OCH3 is 2. The predicted octanol–water partition coefficient (Wildman–Crippen LogP) is 1.55. The van der Waals surface area contributed by atoms with Crippen LogP contribution < -0.4 is 14.8 Å². The summed E-state index contributed by atoms with van der Waals surface area (Å²) < 4.78 is 10.5. The van der Waals surface area contributed by atoms with Gasteiger partial charge in [0, 0.05) is 24.1 Å². The van der Waals surface area contributed by atoms with Crippen LogP contribution in [0.25, 0.3) is 0 Å². The van der Waals surface area contributed by atoms with Crippen LogP contribution in [0.3, 0.4) is 0 Å². The van der Waals surface area contributed by atoms with Crippen LogP contribution in [0.2, 0.25) is 0 Å². The summed E-state index contributed by atoms with van der Waals surface area (Å²) in [6.45, 7) is 2.71. The summed E-state index contributed by atoms with van der Waals surface area (Å²) in [5.74, 6) is 1.55. The van der Waals surface area contributed by atoms with Crippen molar-refractivity contribution < 1.29 is 14.3 Å². The Labute approximate surface area is 94.6 Å². The molecule has 1 aromatic carbocycles. The first-order valence-electron chi connectivity index (χ1n) is 5.21. The monoisotopic (exact) mass is 221 g/mol. The predicted molar refractivity (Wildman–Crippen MR) is 60.3 cm³/mol. The second kappa shape index (κ2) is 4.04. The van der Waals surface area contributed by atoms with Gasteiger partial charge >= 0.3 is 0 Å². The van der Waals surface area contributed by atoms with Gasteiger partial charge < -0.3 is 14.8 Å². The van der Waals surface area contributed by atoms with Crippen LogP contribution in [0, 0.1) is 0 Å². The number of hydrogen-bond donors (Lipinski definition) is 1. The minimum absolute atomic E-state index is 0.0645. The molecule has 0 aliphatic carbocycles. The molecule has 1 aliphatic rings. The SMILES string of the molecule is COc1cc(OC)c2c(c1)C(=O)NCC2C. The van der Waals surface area contributed by atoms with E-state index >= 15 is 0 Å². The maximum absolute atomic E-state index is 11.7. The van der Waals surface area contributed by atoms with Crippen LogP contribution in [-0.2, 0) is 0 Å². The lowest BCUT2D eigenvalue weighted by molar-refractivity contribution is 0.0940. The molecule has 0 bridgehead atoms. The molecule has 1 aliphatic heterocycles. The molecule has 0 saturated carbocycles. The van der Waals surface area contributed by atoms with Crippen molar-refractivity contribution in [1.82, 2.24) is 5.32 Å². The topological polar surface area (TPSA) is 47.6 Å². The highest BCUT2D eigenvalue weighted by molar-refractivity contribution is 5.98. The first kappa shape index (κ1) is 10.8. The van der Waals surface area contributed by atoms with Crippen LogP contribution in [-0.4, -0.2) is 26.7 Å². The molecular formula is C12H15NO3. The molecule has 0 fully saturated rings. The van der Waals surface area contributed by atoms with Crippen molar-refractivity contribution in [2.24, 2.45) is 0 Å². The molecule has 0 radical (unpaired) electrons. The Balaban J connectivity index is 2.62. The zero-order chi connectivity index (χ0) is 11.7. The van der Waals surface area contributed by atoms with Gasteiger partial charge in [0.25, 0.3) is 5.91 Å². The third-order valence-corrected chi connectivity index (χ3v) is 2.88. The smallest absolute Gasteiger partial charge is 0.251 e. The second-order valence-corrected chi connectivity index (χ2v) is 3.90.